The highest BCUT2D eigenvalue weighted by Gasteiger charge is 2.18. The lowest BCUT2D eigenvalue weighted by Crippen LogP contribution is -2.23. The van der Waals surface area contributed by atoms with Crippen LogP contribution in [0.3, 0.4) is 0 Å². The number of aryl methyl sites for hydroxylation is 1. The summed E-state index contributed by atoms with van der Waals surface area (Å²) in [5.74, 6) is -0.321. The molecule has 1 unspecified atom stereocenters. The van der Waals surface area contributed by atoms with Gasteiger partial charge in [-0.2, -0.15) is 0 Å². The second-order valence-corrected chi connectivity index (χ2v) is 8.03. The summed E-state index contributed by atoms with van der Waals surface area (Å²) in [4.78, 5) is 23.3. The topological polar surface area (TPSA) is 70.2 Å². The standard InChI is InChI=1S/C23H23ClFN5O/c1-14-17(28-20(31)11-8-15-5-4-12-30(15)2)9-10-18-21(14)23(27-13-26-18)29-19-7-3-6-16(24)22(19)25/h3,6-11,13,15H,4-5,12H2,1-2H3,(H,28,31)(H,26,27,29). The van der Waals surface area contributed by atoms with Crippen molar-refractivity contribution in [2.45, 2.75) is 25.8 Å². The number of rotatable bonds is 5. The van der Waals surface area contributed by atoms with Gasteiger partial charge in [0.1, 0.15) is 12.1 Å². The van der Waals surface area contributed by atoms with Crippen molar-refractivity contribution >= 4 is 45.6 Å². The van der Waals surface area contributed by atoms with E-state index in [2.05, 4.69) is 32.5 Å². The fraction of sp³-hybridized carbons (Fsp3) is 0.261. The number of halogens is 2. The zero-order valence-electron chi connectivity index (χ0n) is 17.3. The highest BCUT2D eigenvalue weighted by atomic mass is 35.5. The lowest BCUT2D eigenvalue weighted by atomic mass is 10.1. The summed E-state index contributed by atoms with van der Waals surface area (Å²) in [6, 6.07) is 8.62. The van der Waals surface area contributed by atoms with Gasteiger partial charge in [0.05, 0.1) is 16.2 Å². The van der Waals surface area contributed by atoms with Gasteiger partial charge in [0.2, 0.25) is 5.91 Å². The van der Waals surface area contributed by atoms with Gasteiger partial charge in [-0.1, -0.05) is 23.7 Å². The molecular weight excluding hydrogens is 417 g/mol. The number of likely N-dealkylation sites (tertiary alicyclic amines) is 1. The van der Waals surface area contributed by atoms with Gasteiger partial charge in [0, 0.05) is 23.2 Å². The van der Waals surface area contributed by atoms with Gasteiger partial charge < -0.3 is 10.6 Å². The van der Waals surface area contributed by atoms with Gasteiger partial charge in [-0.15, -0.1) is 0 Å². The normalized spacial score (nSPS) is 16.8. The van der Waals surface area contributed by atoms with Crippen LogP contribution >= 0.6 is 11.6 Å². The minimum absolute atomic E-state index is 0.0210. The molecule has 1 saturated heterocycles. The number of aromatic nitrogens is 2. The van der Waals surface area contributed by atoms with E-state index in [4.69, 9.17) is 11.6 Å². The Hall–Kier alpha value is -3.03. The van der Waals surface area contributed by atoms with Crippen molar-refractivity contribution in [2.24, 2.45) is 0 Å². The molecular formula is C23H23ClFN5O. The fourth-order valence-corrected chi connectivity index (χ4v) is 4.00. The van der Waals surface area contributed by atoms with Crippen LogP contribution in [0.15, 0.2) is 48.8 Å². The summed E-state index contributed by atoms with van der Waals surface area (Å²) in [7, 11) is 2.06. The molecule has 8 heteroatoms. The first kappa shape index (κ1) is 21.2. The zero-order chi connectivity index (χ0) is 22.0. The van der Waals surface area contributed by atoms with E-state index in [0.29, 0.717) is 28.5 Å². The number of hydrogen-bond acceptors (Lipinski definition) is 5. The number of benzene rings is 2. The van der Waals surface area contributed by atoms with E-state index >= 15 is 0 Å². The minimum atomic E-state index is -0.556. The maximum absolute atomic E-state index is 14.4. The molecule has 6 nitrogen and oxygen atoms in total. The summed E-state index contributed by atoms with van der Waals surface area (Å²) < 4.78 is 14.4. The monoisotopic (exact) mass is 439 g/mol. The predicted octanol–water partition coefficient (Wildman–Crippen LogP) is 5.06. The van der Waals surface area contributed by atoms with Crippen molar-refractivity contribution in [1.82, 2.24) is 14.9 Å². The van der Waals surface area contributed by atoms with Crippen LogP contribution in [0.25, 0.3) is 10.9 Å². The molecule has 31 heavy (non-hydrogen) atoms. The van der Waals surface area contributed by atoms with Gasteiger partial charge in [-0.05, 0) is 63.2 Å². The lowest BCUT2D eigenvalue weighted by molar-refractivity contribution is -0.111. The van der Waals surface area contributed by atoms with Crippen LogP contribution in [-0.2, 0) is 4.79 Å². The quantitative estimate of drug-likeness (QED) is 0.543. The van der Waals surface area contributed by atoms with Gasteiger partial charge in [-0.3, -0.25) is 9.69 Å². The summed E-state index contributed by atoms with van der Waals surface area (Å²) >= 11 is 5.89. The Balaban J connectivity index is 1.62. The molecule has 1 aromatic heterocycles. The molecule has 1 amide bonds. The Bertz CT molecular complexity index is 1170. The van der Waals surface area contributed by atoms with E-state index in [-0.39, 0.29) is 16.6 Å². The third-order valence-corrected chi connectivity index (χ3v) is 5.86. The molecule has 1 aliphatic heterocycles. The van der Waals surface area contributed by atoms with Gasteiger partial charge in [0.15, 0.2) is 5.82 Å². The highest BCUT2D eigenvalue weighted by Crippen LogP contribution is 2.32. The van der Waals surface area contributed by atoms with Crippen LogP contribution in [0.5, 0.6) is 0 Å². The molecule has 160 valence electrons. The summed E-state index contributed by atoms with van der Waals surface area (Å²) in [6.07, 6.45) is 7.13. The van der Waals surface area contributed by atoms with Crippen LogP contribution in [0.4, 0.5) is 21.6 Å². The van der Waals surface area contributed by atoms with Crippen molar-refractivity contribution in [3.8, 4) is 0 Å². The molecule has 0 spiro atoms. The zero-order valence-corrected chi connectivity index (χ0v) is 18.1. The molecule has 0 saturated carbocycles. The van der Waals surface area contributed by atoms with E-state index in [1.807, 2.05) is 19.1 Å². The Morgan fingerprint density at radius 1 is 1.26 bits per heavy atom. The number of nitrogens with zero attached hydrogens (tertiary/aromatic N) is 3. The smallest absolute Gasteiger partial charge is 0.248 e. The maximum Gasteiger partial charge on any atom is 0.248 e. The molecule has 2 N–H and O–H groups in total. The lowest BCUT2D eigenvalue weighted by Gasteiger charge is -2.15. The molecule has 2 aromatic carbocycles. The van der Waals surface area contributed by atoms with E-state index in [1.165, 1.54) is 12.4 Å². The first-order valence-electron chi connectivity index (χ1n) is 10.1. The van der Waals surface area contributed by atoms with Crippen LogP contribution in [0, 0.1) is 12.7 Å². The van der Waals surface area contributed by atoms with Gasteiger partial charge >= 0.3 is 0 Å². The molecule has 3 aromatic rings. The van der Waals surface area contributed by atoms with Crippen molar-refractivity contribution in [3.05, 3.63) is 65.2 Å². The number of fused-ring (bicyclic) bond motifs is 1. The molecule has 0 bridgehead atoms. The van der Waals surface area contributed by atoms with Crippen LogP contribution in [0.1, 0.15) is 18.4 Å². The second kappa shape index (κ2) is 8.99. The summed E-state index contributed by atoms with van der Waals surface area (Å²) in [6.45, 7) is 2.92. The Morgan fingerprint density at radius 2 is 2.10 bits per heavy atom. The number of carbonyl (C=O) groups excluding carboxylic acids is 1. The molecule has 0 radical (unpaired) electrons. The Kier molecular flexibility index (Phi) is 6.15. The Labute approximate surface area is 185 Å². The maximum atomic E-state index is 14.4. The third-order valence-electron chi connectivity index (χ3n) is 5.57. The predicted molar refractivity (Wildman–Crippen MR) is 122 cm³/mol. The van der Waals surface area contributed by atoms with E-state index in [1.54, 1.807) is 24.3 Å². The number of nitrogens with one attached hydrogen (secondary N) is 2. The highest BCUT2D eigenvalue weighted by molar-refractivity contribution is 6.31. The number of amides is 1. The molecule has 4 rings (SSSR count). The Morgan fingerprint density at radius 3 is 2.87 bits per heavy atom. The second-order valence-electron chi connectivity index (χ2n) is 7.62. The van der Waals surface area contributed by atoms with Crippen LogP contribution < -0.4 is 10.6 Å². The number of likely N-dealkylation sites (N-methyl/N-ethyl adjacent to an activating group) is 1. The minimum Gasteiger partial charge on any atom is -0.337 e. The molecule has 1 aliphatic rings. The molecule has 0 aliphatic carbocycles. The molecule has 2 heterocycles. The SMILES string of the molecule is Cc1c(NC(=O)C=CC2CCCN2C)ccc2ncnc(Nc3cccc(Cl)c3F)c12. The summed E-state index contributed by atoms with van der Waals surface area (Å²) in [5.41, 5.74) is 2.32. The van der Waals surface area contributed by atoms with Crippen molar-refractivity contribution in [2.75, 3.05) is 24.2 Å². The van der Waals surface area contributed by atoms with Crippen molar-refractivity contribution < 1.29 is 9.18 Å². The molecule has 1 atom stereocenters. The first-order valence-corrected chi connectivity index (χ1v) is 10.5. The van der Waals surface area contributed by atoms with Crippen LogP contribution in [0.2, 0.25) is 5.02 Å². The average Bonchev–Trinajstić information content (AvgIpc) is 3.17. The van der Waals surface area contributed by atoms with Crippen LogP contribution in [-0.4, -0.2) is 40.4 Å². The van der Waals surface area contributed by atoms with E-state index in [9.17, 15) is 9.18 Å². The number of carbonyl (C=O) groups is 1. The van der Waals surface area contributed by atoms with Crippen molar-refractivity contribution in [3.63, 3.8) is 0 Å². The number of anilines is 3. The fourth-order valence-electron chi connectivity index (χ4n) is 3.83. The van der Waals surface area contributed by atoms with E-state index in [0.717, 1.165) is 24.9 Å². The average molecular weight is 440 g/mol. The largest absolute Gasteiger partial charge is 0.337 e. The number of hydrogen-bond donors (Lipinski definition) is 2. The van der Waals surface area contributed by atoms with Gasteiger partial charge in [0.25, 0.3) is 0 Å². The van der Waals surface area contributed by atoms with Crippen molar-refractivity contribution in [1.29, 1.82) is 0 Å². The van der Waals surface area contributed by atoms with Gasteiger partial charge in [-0.25, -0.2) is 14.4 Å². The third kappa shape index (κ3) is 4.52. The van der Waals surface area contributed by atoms with E-state index < -0.39 is 5.82 Å². The summed E-state index contributed by atoms with van der Waals surface area (Å²) in [5, 5.41) is 6.65. The first-order chi connectivity index (χ1) is 14.9. The molecule has 1 fully saturated rings.